The van der Waals surface area contributed by atoms with Crippen LogP contribution in [0.25, 0.3) is 0 Å². The van der Waals surface area contributed by atoms with Crippen LogP contribution in [0, 0.1) is 0 Å². The highest BCUT2D eigenvalue weighted by atomic mass is 32.2. The molecule has 11 heteroatoms. The Kier molecular flexibility index (Phi) is 6.00. The summed E-state index contributed by atoms with van der Waals surface area (Å²) in [5, 5.41) is -0.0238. The van der Waals surface area contributed by atoms with Crippen LogP contribution >= 0.6 is 0 Å². The number of piperazine rings is 1. The highest BCUT2D eigenvalue weighted by Crippen LogP contribution is 2.19. The van der Waals surface area contributed by atoms with E-state index in [0.29, 0.717) is 45.9 Å². The molecule has 1 aromatic rings. The van der Waals surface area contributed by atoms with Gasteiger partial charge in [-0.25, -0.2) is 18.2 Å². The normalized spacial score (nSPS) is 18.7. The monoisotopic (exact) mass is 399 g/mol. The number of amides is 2. The van der Waals surface area contributed by atoms with Crippen LogP contribution in [0.3, 0.4) is 0 Å². The van der Waals surface area contributed by atoms with Gasteiger partial charge in [0.15, 0.2) is 5.03 Å². The maximum Gasteiger partial charge on any atom is 0.409 e. The molecule has 2 aliphatic rings. The second-order valence-electron chi connectivity index (χ2n) is 6.56. The molecular formula is C16H25N5O5S. The van der Waals surface area contributed by atoms with E-state index in [-0.39, 0.29) is 23.6 Å². The Morgan fingerprint density at radius 2 is 1.70 bits per heavy atom. The zero-order valence-corrected chi connectivity index (χ0v) is 16.2. The molecule has 0 radical (unpaired) electrons. The van der Waals surface area contributed by atoms with E-state index in [9.17, 15) is 18.0 Å². The number of hydrogen-bond acceptors (Lipinski definition) is 6. The first-order valence-corrected chi connectivity index (χ1v) is 10.6. The van der Waals surface area contributed by atoms with Gasteiger partial charge in [-0.05, 0) is 19.8 Å². The largest absolute Gasteiger partial charge is 0.450 e. The van der Waals surface area contributed by atoms with E-state index in [2.05, 4.69) is 4.98 Å². The van der Waals surface area contributed by atoms with E-state index in [1.165, 1.54) is 21.4 Å². The van der Waals surface area contributed by atoms with Gasteiger partial charge >= 0.3 is 6.09 Å². The number of nitrogens with zero attached hydrogens (tertiary/aromatic N) is 5. The minimum atomic E-state index is -3.58. The van der Waals surface area contributed by atoms with Crippen LogP contribution in [0.5, 0.6) is 0 Å². The minimum Gasteiger partial charge on any atom is -0.450 e. The predicted molar refractivity (Wildman–Crippen MR) is 95.4 cm³/mol. The Hall–Kier alpha value is -2.14. The van der Waals surface area contributed by atoms with Crippen LogP contribution in [0.15, 0.2) is 17.6 Å². The third kappa shape index (κ3) is 4.41. The van der Waals surface area contributed by atoms with Crippen LogP contribution in [0.4, 0.5) is 4.79 Å². The van der Waals surface area contributed by atoms with Crippen molar-refractivity contribution in [1.82, 2.24) is 23.7 Å². The summed E-state index contributed by atoms with van der Waals surface area (Å²) >= 11 is 0. The molecule has 2 aliphatic heterocycles. The molecule has 3 rings (SSSR count). The van der Waals surface area contributed by atoms with Gasteiger partial charge in [-0.3, -0.25) is 4.79 Å². The lowest BCUT2D eigenvalue weighted by molar-refractivity contribution is -0.133. The lowest BCUT2D eigenvalue weighted by Gasteiger charge is -2.34. The summed E-state index contributed by atoms with van der Waals surface area (Å²) in [5.74, 6) is -0.138. The van der Waals surface area contributed by atoms with E-state index in [1.807, 2.05) is 0 Å². The first-order chi connectivity index (χ1) is 12.9. The quantitative estimate of drug-likeness (QED) is 0.688. The van der Waals surface area contributed by atoms with Gasteiger partial charge in [0, 0.05) is 45.5 Å². The number of aromatic nitrogens is 2. The molecule has 0 atom stereocenters. The first kappa shape index (κ1) is 19.6. The van der Waals surface area contributed by atoms with Crippen molar-refractivity contribution in [3.63, 3.8) is 0 Å². The van der Waals surface area contributed by atoms with Crippen LogP contribution in [-0.2, 0) is 26.1 Å². The average Bonchev–Trinajstić information content (AvgIpc) is 3.34. The molecule has 27 heavy (non-hydrogen) atoms. The molecule has 0 aliphatic carbocycles. The fourth-order valence-electron chi connectivity index (χ4n) is 3.23. The zero-order valence-electron chi connectivity index (χ0n) is 15.4. The molecule has 2 saturated heterocycles. The predicted octanol–water partition coefficient (Wildman–Crippen LogP) is -0.0317. The van der Waals surface area contributed by atoms with Crippen molar-refractivity contribution in [2.75, 3.05) is 45.9 Å². The smallest absolute Gasteiger partial charge is 0.409 e. The van der Waals surface area contributed by atoms with Crippen LogP contribution in [0.2, 0.25) is 0 Å². The molecule has 10 nitrogen and oxygen atoms in total. The molecule has 2 amide bonds. The lowest BCUT2D eigenvalue weighted by Crippen LogP contribution is -2.51. The molecular weight excluding hydrogens is 374 g/mol. The van der Waals surface area contributed by atoms with Crippen LogP contribution < -0.4 is 0 Å². The van der Waals surface area contributed by atoms with E-state index in [1.54, 1.807) is 16.7 Å². The Labute approximate surface area is 158 Å². The average molecular weight is 399 g/mol. The van der Waals surface area contributed by atoms with Crippen molar-refractivity contribution < 1.29 is 22.7 Å². The fraction of sp³-hybridized carbons (Fsp3) is 0.688. The highest BCUT2D eigenvalue weighted by Gasteiger charge is 2.30. The Balaban J connectivity index is 1.55. The summed E-state index contributed by atoms with van der Waals surface area (Å²) in [7, 11) is -3.58. The number of sulfonamides is 1. The van der Waals surface area contributed by atoms with Gasteiger partial charge in [0.25, 0.3) is 10.0 Å². The minimum absolute atomic E-state index is 0.0158. The summed E-state index contributed by atoms with van der Waals surface area (Å²) in [5.41, 5.74) is 0. The van der Waals surface area contributed by atoms with Crippen molar-refractivity contribution >= 4 is 22.0 Å². The molecule has 0 bridgehead atoms. The van der Waals surface area contributed by atoms with Gasteiger partial charge in [0.05, 0.1) is 12.9 Å². The number of carbonyl (C=O) groups is 2. The Bertz CT molecular complexity index is 779. The Morgan fingerprint density at radius 3 is 2.33 bits per heavy atom. The van der Waals surface area contributed by atoms with Gasteiger partial charge in [-0.1, -0.05) is 0 Å². The SMILES string of the molecule is CCOC(=O)N1CCN(C(=O)Cn2cnc(S(=O)(=O)N3CCCC3)c2)CC1. The van der Waals surface area contributed by atoms with Crippen molar-refractivity contribution in [1.29, 1.82) is 0 Å². The van der Waals surface area contributed by atoms with Gasteiger partial charge in [0.1, 0.15) is 6.54 Å². The molecule has 3 heterocycles. The van der Waals surface area contributed by atoms with Crippen molar-refractivity contribution in [3.05, 3.63) is 12.5 Å². The lowest BCUT2D eigenvalue weighted by atomic mass is 10.3. The van der Waals surface area contributed by atoms with Crippen LogP contribution in [0.1, 0.15) is 19.8 Å². The fourth-order valence-corrected chi connectivity index (χ4v) is 4.68. The second-order valence-corrected chi connectivity index (χ2v) is 8.45. The molecule has 0 saturated carbocycles. The van der Waals surface area contributed by atoms with Gasteiger partial charge in [-0.2, -0.15) is 4.31 Å². The molecule has 150 valence electrons. The highest BCUT2D eigenvalue weighted by molar-refractivity contribution is 7.89. The first-order valence-electron chi connectivity index (χ1n) is 9.13. The second kappa shape index (κ2) is 8.26. The van der Waals surface area contributed by atoms with Crippen LogP contribution in [-0.4, -0.2) is 89.9 Å². The third-order valence-electron chi connectivity index (χ3n) is 4.76. The molecule has 2 fully saturated rings. The van der Waals surface area contributed by atoms with Crippen molar-refractivity contribution in [2.45, 2.75) is 31.3 Å². The zero-order chi connectivity index (χ0) is 19.4. The van der Waals surface area contributed by atoms with E-state index < -0.39 is 10.0 Å². The summed E-state index contributed by atoms with van der Waals surface area (Å²) in [6, 6.07) is 0. The molecule has 0 aromatic carbocycles. The summed E-state index contributed by atoms with van der Waals surface area (Å²) in [6.07, 6.45) is 4.12. The number of ether oxygens (including phenoxy) is 1. The maximum atomic E-state index is 12.5. The topological polar surface area (TPSA) is 105 Å². The molecule has 0 unspecified atom stereocenters. The number of hydrogen-bond donors (Lipinski definition) is 0. The molecule has 0 N–H and O–H groups in total. The van der Waals surface area contributed by atoms with Crippen molar-refractivity contribution in [2.24, 2.45) is 0 Å². The van der Waals surface area contributed by atoms with E-state index in [0.717, 1.165) is 12.8 Å². The van der Waals surface area contributed by atoms with Gasteiger partial charge in [-0.15, -0.1) is 0 Å². The summed E-state index contributed by atoms with van der Waals surface area (Å²) in [6.45, 7) is 4.80. The third-order valence-corrected chi connectivity index (χ3v) is 6.54. The van der Waals surface area contributed by atoms with Crippen molar-refractivity contribution in [3.8, 4) is 0 Å². The number of imidazole rings is 1. The van der Waals surface area contributed by atoms with Gasteiger partial charge < -0.3 is 19.1 Å². The summed E-state index contributed by atoms with van der Waals surface area (Å²) < 4.78 is 32.9. The molecule has 1 aromatic heterocycles. The van der Waals surface area contributed by atoms with E-state index in [4.69, 9.17) is 4.74 Å². The van der Waals surface area contributed by atoms with Gasteiger partial charge in [0.2, 0.25) is 5.91 Å². The molecule has 0 spiro atoms. The number of carbonyl (C=O) groups excluding carboxylic acids is 2. The maximum absolute atomic E-state index is 12.5. The summed E-state index contributed by atoms with van der Waals surface area (Å²) in [4.78, 5) is 31.4. The van der Waals surface area contributed by atoms with E-state index >= 15 is 0 Å². The number of rotatable bonds is 5. The Morgan fingerprint density at radius 1 is 1.07 bits per heavy atom. The standard InChI is InChI=1S/C16H25N5O5S/c1-2-26-16(23)20-9-7-19(8-10-20)15(22)12-18-11-14(17-13-18)27(24,25)21-5-3-4-6-21/h11,13H,2-10,12H2,1H3.